The Labute approximate surface area is 373 Å². The van der Waals surface area contributed by atoms with Gasteiger partial charge in [0.1, 0.15) is 0 Å². The first-order chi connectivity index (χ1) is 27.0. The fourth-order valence-corrected chi connectivity index (χ4v) is 11.0. The third kappa shape index (κ3) is 11.6. The van der Waals surface area contributed by atoms with Crippen LogP contribution in [0.3, 0.4) is 0 Å². The Hall–Kier alpha value is -2.81. The third-order valence-electron chi connectivity index (χ3n) is 14.1. The van der Waals surface area contributed by atoms with Gasteiger partial charge in [0.2, 0.25) is 0 Å². The summed E-state index contributed by atoms with van der Waals surface area (Å²) in [6, 6.07) is 22.0. The molecule has 0 saturated heterocycles. The molecule has 0 bridgehead atoms. The van der Waals surface area contributed by atoms with Gasteiger partial charge in [-0.3, -0.25) is 9.78 Å². The van der Waals surface area contributed by atoms with Gasteiger partial charge in [0.05, 0.1) is 11.3 Å². The molecule has 2 aliphatic rings. The predicted molar refractivity (Wildman–Crippen MR) is 250 cm³/mol. The molecule has 6 rings (SSSR count). The van der Waals surface area contributed by atoms with Crippen molar-refractivity contribution in [2.45, 2.75) is 167 Å². The smallest absolute Gasteiger partial charge is 0.162 e. The minimum absolute atomic E-state index is 0. The van der Waals surface area contributed by atoms with Crippen LogP contribution in [-0.2, 0) is 30.3 Å². The average Bonchev–Trinajstić information content (AvgIpc) is 3.11. The van der Waals surface area contributed by atoms with E-state index < -0.39 is 0 Å². The quantitative estimate of drug-likeness (QED) is 0.103. The fraction of sp³-hybridized carbons (Fsp3) is 0.600. The van der Waals surface area contributed by atoms with Crippen molar-refractivity contribution in [2.24, 2.45) is 46.3 Å². The Morgan fingerprint density at radius 2 is 1.36 bits per heavy atom. The second-order valence-electron chi connectivity index (χ2n) is 21.9. The van der Waals surface area contributed by atoms with E-state index in [0.717, 1.165) is 16.8 Å². The number of hydrogen-bond acceptors (Lipinski definition) is 3. The van der Waals surface area contributed by atoms with Gasteiger partial charge in [-0.15, -0.1) is 29.1 Å². The van der Waals surface area contributed by atoms with Crippen molar-refractivity contribution in [3.63, 3.8) is 0 Å². The molecule has 1 aromatic heterocycles. The van der Waals surface area contributed by atoms with E-state index in [1.54, 1.807) is 0 Å². The van der Waals surface area contributed by atoms with E-state index in [9.17, 15) is 9.90 Å². The van der Waals surface area contributed by atoms with Gasteiger partial charge in [0, 0.05) is 49.1 Å². The van der Waals surface area contributed by atoms with Crippen molar-refractivity contribution < 1.29 is 30.0 Å². The summed E-state index contributed by atoms with van der Waals surface area (Å²) in [4.78, 5) is 17.7. The number of benzene rings is 3. The maximum absolute atomic E-state index is 12.3. The van der Waals surface area contributed by atoms with Crippen LogP contribution in [0.25, 0.3) is 32.9 Å². The number of fused-ring (bicyclic) bond motifs is 2. The van der Waals surface area contributed by atoms with Crippen LogP contribution in [0.1, 0.15) is 170 Å². The zero-order valence-electron chi connectivity index (χ0n) is 39.5. The van der Waals surface area contributed by atoms with E-state index in [2.05, 4.69) is 158 Å². The molecule has 0 amide bonds. The van der Waals surface area contributed by atoms with Crippen LogP contribution in [0.5, 0.6) is 0 Å². The van der Waals surface area contributed by atoms with E-state index in [1.165, 1.54) is 95.9 Å². The average molecular weight is 977 g/mol. The molecule has 3 aromatic carbocycles. The molecule has 1 spiro atoms. The summed E-state index contributed by atoms with van der Waals surface area (Å²) < 4.78 is 0. The topological polar surface area (TPSA) is 50.2 Å². The van der Waals surface area contributed by atoms with Gasteiger partial charge in [-0.2, -0.15) is 0 Å². The molecule has 1 N–H and O–H groups in total. The van der Waals surface area contributed by atoms with E-state index in [-0.39, 0.29) is 48.9 Å². The Kier molecular flexibility index (Phi) is 16.1. The number of allylic oxidation sites excluding steroid dienone is 2. The molecular formula is C55H78IrNO2-. The number of nitrogens with zero attached hydrogens (tertiary/aromatic N) is 1. The van der Waals surface area contributed by atoms with Crippen LogP contribution in [0.2, 0.25) is 0 Å². The Morgan fingerprint density at radius 3 is 1.90 bits per heavy atom. The molecule has 4 aromatic rings. The molecule has 0 aliphatic heterocycles. The maximum atomic E-state index is 12.3. The van der Waals surface area contributed by atoms with Gasteiger partial charge in [-0.1, -0.05) is 131 Å². The molecule has 3 nitrogen and oxygen atoms in total. The van der Waals surface area contributed by atoms with Crippen LogP contribution in [0.4, 0.5) is 0 Å². The second kappa shape index (κ2) is 19.5. The van der Waals surface area contributed by atoms with Gasteiger partial charge in [-0.25, -0.2) is 0 Å². The molecule has 1 heterocycles. The minimum atomic E-state index is -0.0119. The number of aromatic nitrogens is 1. The summed E-state index contributed by atoms with van der Waals surface area (Å²) in [5.74, 6) is 2.24. The molecule has 59 heavy (non-hydrogen) atoms. The summed E-state index contributed by atoms with van der Waals surface area (Å²) >= 11 is 0. The van der Waals surface area contributed by atoms with E-state index >= 15 is 0 Å². The summed E-state index contributed by atoms with van der Waals surface area (Å²) in [5.41, 5.74) is 10.1. The van der Waals surface area contributed by atoms with Gasteiger partial charge < -0.3 is 5.11 Å². The van der Waals surface area contributed by atoms with Crippen molar-refractivity contribution in [3.05, 3.63) is 88.7 Å². The standard InChI is InChI=1S/C38H46N.C17H32O2.Ir/c1-25-20-26(2)35-31(27-12-14-38(15-13-27)18-16-37(6,7)17-19-38)24-33(39-34(35)21-25)29-22-28-10-8-9-11-30(28)32(23-29)36(3,4)5;1-10(2)16(11(3)4)14(18)9-15(19)17(12(5)6)13(7)8;/h8-11,20-21,23-24,27H,12-19H2,1-7H3;9-13,16-18H,1-8H3;/q-1;;/b;14-9-;. The van der Waals surface area contributed by atoms with Crippen LogP contribution >= 0.6 is 0 Å². The first-order valence-electron chi connectivity index (χ1n) is 22.8. The summed E-state index contributed by atoms with van der Waals surface area (Å²) in [6.45, 7) is 33.0. The van der Waals surface area contributed by atoms with E-state index in [0.29, 0.717) is 40.4 Å². The molecule has 2 saturated carbocycles. The van der Waals surface area contributed by atoms with Crippen molar-refractivity contribution in [3.8, 4) is 11.3 Å². The van der Waals surface area contributed by atoms with Gasteiger partial charge in [0.25, 0.3) is 0 Å². The van der Waals surface area contributed by atoms with Crippen molar-refractivity contribution in [1.82, 2.24) is 4.98 Å². The number of rotatable bonds is 9. The predicted octanol–water partition coefficient (Wildman–Crippen LogP) is 15.9. The number of aliphatic hydroxyl groups excluding tert-OH is 1. The number of hydrogen-bond donors (Lipinski definition) is 1. The molecule has 1 radical (unpaired) electrons. The normalized spacial score (nSPS) is 17.4. The van der Waals surface area contributed by atoms with Crippen molar-refractivity contribution in [1.29, 1.82) is 0 Å². The number of ketones is 1. The molecule has 2 fully saturated rings. The zero-order valence-corrected chi connectivity index (χ0v) is 41.9. The number of aliphatic hydroxyl groups is 1. The van der Waals surface area contributed by atoms with Crippen LogP contribution < -0.4 is 0 Å². The summed E-state index contributed by atoms with van der Waals surface area (Å²) in [6.07, 6.45) is 12.5. The summed E-state index contributed by atoms with van der Waals surface area (Å²) in [7, 11) is 0. The molecule has 2 aliphatic carbocycles. The molecule has 325 valence electrons. The molecule has 0 unspecified atom stereocenters. The van der Waals surface area contributed by atoms with Crippen molar-refractivity contribution >= 4 is 27.5 Å². The Balaban J connectivity index is 0.000000329. The fourth-order valence-electron chi connectivity index (χ4n) is 11.0. The number of carbonyl (C=O) groups excluding carboxylic acids is 1. The van der Waals surface area contributed by atoms with E-state index in [4.69, 9.17) is 4.98 Å². The molecule has 0 atom stereocenters. The van der Waals surface area contributed by atoms with Gasteiger partial charge in [0.15, 0.2) is 5.78 Å². The number of pyridine rings is 1. The number of carbonyl (C=O) groups is 1. The van der Waals surface area contributed by atoms with Crippen LogP contribution in [0.15, 0.2) is 60.4 Å². The Bertz CT molecular complexity index is 2060. The Morgan fingerprint density at radius 1 is 0.797 bits per heavy atom. The largest absolute Gasteiger partial charge is 0.512 e. The third-order valence-corrected chi connectivity index (χ3v) is 14.1. The monoisotopic (exact) mass is 978 g/mol. The van der Waals surface area contributed by atoms with Gasteiger partial charge in [-0.05, 0) is 134 Å². The van der Waals surface area contributed by atoms with Gasteiger partial charge >= 0.3 is 0 Å². The second-order valence-corrected chi connectivity index (χ2v) is 21.9. The maximum Gasteiger partial charge on any atom is 0.162 e. The molecular weight excluding hydrogens is 899 g/mol. The first kappa shape index (κ1) is 48.9. The van der Waals surface area contributed by atoms with Crippen LogP contribution in [-0.4, -0.2) is 15.9 Å². The zero-order chi connectivity index (χ0) is 42.9. The summed E-state index contributed by atoms with van der Waals surface area (Å²) in [5, 5.41) is 14.2. The van der Waals surface area contributed by atoms with Crippen LogP contribution in [0, 0.1) is 66.3 Å². The molecule has 4 heteroatoms. The first-order valence-corrected chi connectivity index (χ1v) is 22.8. The number of aryl methyl sites for hydroxylation is 2. The minimum Gasteiger partial charge on any atom is -0.512 e. The van der Waals surface area contributed by atoms with Crippen molar-refractivity contribution in [2.75, 3.05) is 0 Å². The van der Waals surface area contributed by atoms with E-state index in [1.807, 2.05) is 0 Å². The SMILES string of the molecule is CC(C)C(C(=O)/C=C(\O)C(C(C)C)C(C)C)C(C)C.Cc1cc(C)c2c(C3CCC4(CC3)CCC(C)(C)CC4)cc(-c3[c-]c4ccccc4c(C(C)(C)C)c3)nc2c1.[Ir].